The van der Waals surface area contributed by atoms with Crippen molar-refractivity contribution in [2.24, 2.45) is 0 Å². The Morgan fingerprint density at radius 3 is 2.24 bits per heavy atom. The molecule has 0 radical (unpaired) electrons. The van der Waals surface area contributed by atoms with Gasteiger partial charge in [0.15, 0.2) is 0 Å². The molecule has 0 aliphatic rings. The molecule has 1 aromatic rings. The predicted octanol–water partition coefficient (Wildman–Crippen LogP) is 0.861. The smallest absolute Gasteiger partial charge is 0.264 e. The lowest BCUT2D eigenvalue weighted by atomic mass is 10.2. The van der Waals surface area contributed by atoms with Crippen molar-refractivity contribution in [3.05, 3.63) is 30.3 Å². The summed E-state index contributed by atoms with van der Waals surface area (Å²) < 4.78 is 25.2. The summed E-state index contributed by atoms with van der Waals surface area (Å²) >= 11 is 0. The first kappa shape index (κ1) is 13.4. The zero-order valence-corrected chi connectivity index (χ0v) is 10.2. The average Bonchev–Trinajstić information content (AvgIpc) is 2.27. The largest absolute Gasteiger partial charge is 0.300 e. The summed E-state index contributed by atoms with van der Waals surface area (Å²) in [5.41, 5.74) is 0. The van der Waals surface area contributed by atoms with E-state index in [0.717, 1.165) is 0 Å². The lowest BCUT2D eigenvalue weighted by molar-refractivity contribution is -0.123. The number of nitrogens with one attached hydrogen (secondary N) is 1. The van der Waals surface area contributed by atoms with Gasteiger partial charge in [0.25, 0.3) is 10.0 Å². The monoisotopic (exact) mass is 255 g/mol. The topological polar surface area (TPSA) is 80.3 Å². The molecule has 0 aliphatic heterocycles. The van der Waals surface area contributed by atoms with E-state index in [4.69, 9.17) is 0 Å². The summed E-state index contributed by atoms with van der Waals surface area (Å²) in [5, 5.41) is 0. The molecule has 0 unspecified atom stereocenters. The van der Waals surface area contributed by atoms with Crippen molar-refractivity contribution in [1.29, 1.82) is 0 Å². The maximum absolute atomic E-state index is 11.7. The number of carbonyl (C=O) groups is 2. The number of carbonyl (C=O) groups excluding carboxylic acids is 2. The van der Waals surface area contributed by atoms with Crippen molar-refractivity contribution in [3.63, 3.8) is 0 Å². The molecule has 0 fully saturated rings. The molecule has 0 bridgehead atoms. The van der Waals surface area contributed by atoms with Crippen LogP contribution in [0.3, 0.4) is 0 Å². The minimum atomic E-state index is -3.82. The van der Waals surface area contributed by atoms with Gasteiger partial charge in [0.1, 0.15) is 5.78 Å². The number of Topliss-reactive ketones (excluding diaryl/α,β-unsaturated/α-hetero) is 1. The quantitative estimate of drug-likeness (QED) is 0.846. The van der Waals surface area contributed by atoms with E-state index >= 15 is 0 Å². The Bertz CT molecular complexity index is 508. The van der Waals surface area contributed by atoms with Gasteiger partial charge in [-0.3, -0.25) is 4.79 Å². The summed E-state index contributed by atoms with van der Waals surface area (Å²) in [6.45, 7) is 1.35. The Kier molecular flexibility index (Phi) is 4.39. The third kappa shape index (κ3) is 4.36. The van der Waals surface area contributed by atoms with Crippen LogP contribution in [0.25, 0.3) is 0 Å². The van der Waals surface area contributed by atoms with Crippen LogP contribution in [0, 0.1) is 0 Å². The Balaban J connectivity index is 2.68. The first-order chi connectivity index (χ1) is 7.92. The zero-order valence-electron chi connectivity index (χ0n) is 9.34. The van der Waals surface area contributed by atoms with Gasteiger partial charge in [-0.2, -0.15) is 0 Å². The molecule has 0 aliphatic carbocycles. The number of sulfonamides is 1. The minimum Gasteiger partial charge on any atom is -0.300 e. The molecule has 1 N–H and O–H groups in total. The number of hydrogen-bond acceptors (Lipinski definition) is 4. The van der Waals surface area contributed by atoms with E-state index in [1.165, 1.54) is 19.1 Å². The van der Waals surface area contributed by atoms with Crippen LogP contribution in [0.2, 0.25) is 0 Å². The Morgan fingerprint density at radius 1 is 1.12 bits per heavy atom. The number of rotatable bonds is 5. The van der Waals surface area contributed by atoms with Gasteiger partial charge in [0, 0.05) is 12.8 Å². The predicted molar refractivity (Wildman–Crippen MR) is 61.7 cm³/mol. The van der Waals surface area contributed by atoms with Gasteiger partial charge in [0.2, 0.25) is 5.91 Å². The van der Waals surface area contributed by atoms with Gasteiger partial charge in [0.05, 0.1) is 4.90 Å². The molecule has 0 atom stereocenters. The van der Waals surface area contributed by atoms with Crippen LogP contribution in [0.5, 0.6) is 0 Å². The molecule has 6 heteroatoms. The van der Waals surface area contributed by atoms with E-state index in [-0.39, 0.29) is 23.5 Å². The fourth-order valence-corrected chi connectivity index (χ4v) is 2.18. The molecule has 0 saturated heterocycles. The second-order valence-electron chi connectivity index (χ2n) is 3.54. The van der Waals surface area contributed by atoms with Crippen molar-refractivity contribution in [2.75, 3.05) is 0 Å². The van der Waals surface area contributed by atoms with E-state index < -0.39 is 15.9 Å². The first-order valence-corrected chi connectivity index (χ1v) is 6.50. The van der Waals surface area contributed by atoms with Crippen molar-refractivity contribution in [3.8, 4) is 0 Å². The normalized spacial score (nSPS) is 10.9. The van der Waals surface area contributed by atoms with Gasteiger partial charge in [-0.1, -0.05) is 18.2 Å². The van der Waals surface area contributed by atoms with E-state index in [1.54, 1.807) is 18.2 Å². The molecule has 1 rings (SSSR count). The molecule has 92 valence electrons. The second-order valence-corrected chi connectivity index (χ2v) is 5.23. The molecule has 5 nitrogen and oxygen atoms in total. The summed E-state index contributed by atoms with van der Waals surface area (Å²) in [6, 6.07) is 7.58. The number of hydrogen-bond donors (Lipinski definition) is 1. The Morgan fingerprint density at radius 2 is 1.71 bits per heavy atom. The Hall–Kier alpha value is -1.69. The van der Waals surface area contributed by atoms with E-state index in [2.05, 4.69) is 0 Å². The third-order valence-electron chi connectivity index (χ3n) is 2.01. The summed E-state index contributed by atoms with van der Waals surface area (Å²) in [5.74, 6) is -0.832. The van der Waals surface area contributed by atoms with Crippen molar-refractivity contribution < 1.29 is 18.0 Å². The van der Waals surface area contributed by atoms with Gasteiger partial charge in [-0.05, 0) is 19.1 Å². The lowest BCUT2D eigenvalue weighted by Crippen LogP contribution is -2.30. The number of ketones is 1. The van der Waals surface area contributed by atoms with E-state index in [0.29, 0.717) is 0 Å². The second kappa shape index (κ2) is 5.58. The van der Waals surface area contributed by atoms with Gasteiger partial charge < -0.3 is 4.79 Å². The molecule has 0 heterocycles. The molecule has 17 heavy (non-hydrogen) atoms. The molecule has 0 saturated carbocycles. The van der Waals surface area contributed by atoms with Gasteiger partial charge in [-0.15, -0.1) is 0 Å². The van der Waals surface area contributed by atoms with Crippen LogP contribution in [0.4, 0.5) is 0 Å². The Labute approximate surface area is 99.9 Å². The van der Waals surface area contributed by atoms with Crippen LogP contribution in [-0.2, 0) is 19.6 Å². The molecule has 1 amide bonds. The fraction of sp³-hybridized carbons (Fsp3) is 0.273. The molecule has 0 spiro atoms. The highest BCUT2D eigenvalue weighted by Gasteiger charge is 2.16. The van der Waals surface area contributed by atoms with Gasteiger partial charge in [-0.25, -0.2) is 13.1 Å². The SMILES string of the molecule is CC(=O)CCC(=O)NS(=O)(=O)c1ccccc1. The highest BCUT2D eigenvalue weighted by Crippen LogP contribution is 2.07. The summed E-state index contributed by atoms with van der Waals surface area (Å²) in [7, 11) is -3.82. The maximum Gasteiger partial charge on any atom is 0.264 e. The molecule has 1 aromatic carbocycles. The van der Waals surface area contributed by atoms with E-state index in [1.807, 2.05) is 4.72 Å². The molecular weight excluding hydrogens is 242 g/mol. The number of amides is 1. The first-order valence-electron chi connectivity index (χ1n) is 5.02. The molecular formula is C11H13NO4S. The molecule has 0 aromatic heterocycles. The van der Waals surface area contributed by atoms with Crippen LogP contribution in [0.15, 0.2) is 35.2 Å². The van der Waals surface area contributed by atoms with Gasteiger partial charge >= 0.3 is 0 Å². The van der Waals surface area contributed by atoms with Crippen LogP contribution in [-0.4, -0.2) is 20.1 Å². The fourth-order valence-electron chi connectivity index (χ4n) is 1.15. The third-order valence-corrected chi connectivity index (χ3v) is 3.39. The highest BCUT2D eigenvalue weighted by atomic mass is 32.2. The summed E-state index contributed by atoms with van der Waals surface area (Å²) in [4.78, 5) is 22.0. The minimum absolute atomic E-state index is 0.0242. The maximum atomic E-state index is 11.7. The zero-order chi connectivity index (χ0) is 12.9. The van der Waals surface area contributed by atoms with E-state index in [9.17, 15) is 18.0 Å². The van der Waals surface area contributed by atoms with Crippen LogP contribution >= 0.6 is 0 Å². The van der Waals surface area contributed by atoms with Crippen molar-refractivity contribution >= 4 is 21.7 Å². The average molecular weight is 255 g/mol. The standard InChI is InChI=1S/C11H13NO4S/c1-9(13)7-8-11(14)12-17(15,16)10-5-3-2-4-6-10/h2-6H,7-8H2,1H3,(H,12,14). The van der Waals surface area contributed by atoms with Crippen LogP contribution < -0.4 is 4.72 Å². The number of benzene rings is 1. The van der Waals surface area contributed by atoms with Crippen molar-refractivity contribution in [2.45, 2.75) is 24.7 Å². The summed E-state index contributed by atoms with van der Waals surface area (Å²) in [6.07, 6.45) is -0.0858. The van der Waals surface area contributed by atoms with Crippen LogP contribution in [0.1, 0.15) is 19.8 Å². The van der Waals surface area contributed by atoms with Crippen molar-refractivity contribution in [1.82, 2.24) is 4.72 Å². The lowest BCUT2D eigenvalue weighted by Gasteiger charge is -2.05. The highest BCUT2D eigenvalue weighted by molar-refractivity contribution is 7.90.